The summed E-state index contributed by atoms with van der Waals surface area (Å²) in [4.78, 5) is 11.0. The molecule has 11 aromatic rings. The summed E-state index contributed by atoms with van der Waals surface area (Å²) in [5.41, 5.74) is 23.2. The van der Waals surface area contributed by atoms with Gasteiger partial charge in [-0.3, -0.25) is 0 Å². The van der Waals surface area contributed by atoms with E-state index in [1.807, 2.05) is 0 Å². The van der Waals surface area contributed by atoms with Crippen molar-refractivity contribution in [2.45, 2.75) is 38.5 Å². The van der Waals surface area contributed by atoms with Gasteiger partial charge in [0, 0.05) is 44.0 Å². The Kier molecular flexibility index (Phi) is 8.60. The summed E-state index contributed by atoms with van der Waals surface area (Å²) >= 11 is 0. The number of para-hydroxylation sites is 1. The van der Waals surface area contributed by atoms with Crippen LogP contribution in [0.15, 0.2) is 212 Å². The quantitative estimate of drug-likeness (QED) is 0.167. The first-order valence-electron chi connectivity index (χ1n) is 23.4. The van der Waals surface area contributed by atoms with E-state index in [4.69, 9.17) is 9.97 Å². The minimum atomic E-state index is -0.140. The molecule has 318 valence electrons. The molecule has 0 spiro atoms. The Balaban J connectivity index is 1.05. The molecule has 67 heavy (non-hydrogen) atoms. The van der Waals surface area contributed by atoms with E-state index < -0.39 is 0 Å². The molecule has 3 nitrogen and oxygen atoms in total. The fourth-order valence-electron chi connectivity index (χ4n) is 11.3. The maximum atomic E-state index is 5.54. The predicted octanol–water partition coefficient (Wildman–Crippen LogP) is 16.5. The van der Waals surface area contributed by atoms with E-state index in [1.165, 1.54) is 66.4 Å². The highest BCUT2D eigenvalue weighted by atomic mass is 15.0. The van der Waals surface area contributed by atoms with Gasteiger partial charge >= 0.3 is 0 Å². The van der Waals surface area contributed by atoms with E-state index in [-0.39, 0.29) is 10.8 Å². The molecule has 13 rings (SSSR count). The molecule has 0 amide bonds. The third-order valence-electron chi connectivity index (χ3n) is 14.8. The van der Waals surface area contributed by atoms with Crippen molar-refractivity contribution >= 4 is 21.8 Å². The largest absolute Gasteiger partial charge is 0.309 e. The first-order chi connectivity index (χ1) is 32.7. The van der Waals surface area contributed by atoms with Gasteiger partial charge in [-0.15, -0.1) is 0 Å². The summed E-state index contributed by atoms with van der Waals surface area (Å²) in [6, 6.07) is 77.7. The highest BCUT2D eigenvalue weighted by Gasteiger charge is 2.36. The van der Waals surface area contributed by atoms with Gasteiger partial charge < -0.3 is 4.57 Å². The van der Waals surface area contributed by atoms with Crippen molar-refractivity contribution < 1.29 is 0 Å². The molecular formula is C64H47N3. The summed E-state index contributed by atoms with van der Waals surface area (Å²) in [5.74, 6) is 0.684. The monoisotopic (exact) mass is 857 g/mol. The SMILES string of the molecule is CC1(C)c2ccccc2-c2ccc(-c3cc(-c4nc(-c5ccccc5)cc(-c5ccc6c(c5)C(C)(C)c5ccccc5-6)n4)cc(-n4c5ccccc5c5cc(-c6ccccc6)ccc54)c3)cc21. The molecular weight excluding hydrogens is 811 g/mol. The lowest BCUT2D eigenvalue weighted by Gasteiger charge is -2.22. The minimum absolute atomic E-state index is 0.139. The van der Waals surface area contributed by atoms with E-state index >= 15 is 0 Å². The van der Waals surface area contributed by atoms with Crippen molar-refractivity contribution in [1.82, 2.24) is 14.5 Å². The van der Waals surface area contributed by atoms with Crippen LogP contribution in [0, 0.1) is 0 Å². The van der Waals surface area contributed by atoms with Crippen LogP contribution in [0.3, 0.4) is 0 Å². The summed E-state index contributed by atoms with van der Waals surface area (Å²) in [5, 5.41) is 2.43. The van der Waals surface area contributed by atoms with E-state index in [9.17, 15) is 0 Å². The lowest BCUT2D eigenvalue weighted by Crippen LogP contribution is -2.15. The van der Waals surface area contributed by atoms with Crippen LogP contribution in [-0.2, 0) is 10.8 Å². The van der Waals surface area contributed by atoms with Gasteiger partial charge in [0.15, 0.2) is 5.82 Å². The molecule has 2 aliphatic rings. The molecule has 0 radical (unpaired) electrons. The second-order valence-corrected chi connectivity index (χ2v) is 19.4. The van der Waals surface area contributed by atoms with Crippen LogP contribution in [0.1, 0.15) is 49.9 Å². The molecule has 2 aliphatic carbocycles. The molecule has 9 aromatic carbocycles. The molecule has 3 heteroatoms. The summed E-state index contributed by atoms with van der Waals surface area (Å²) < 4.78 is 2.43. The summed E-state index contributed by atoms with van der Waals surface area (Å²) in [6.45, 7) is 9.39. The Morgan fingerprint density at radius 2 is 0.806 bits per heavy atom. The van der Waals surface area contributed by atoms with Gasteiger partial charge in [-0.25, -0.2) is 9.97 Å². The van der Waals surface area contributed by atoms with Crippen molar-refractivity contribution in [3.63, 3.8) is 0 Å². The Hall–Kier alpha value is -8.14. The standard InChI is InChI=1S/C64H47N3/c1-63(2)54-24-14-11-21-48(54)50-30-27-43(37-56(50)63)45-33-46(35-47(34-45)67-60-26-16-13-23-52(60)53-36-42(29-32-61(53)67)40-17-7-5-8-18-40)62-65-58(41-19-9-6-10-20-41)39-59(66-62)44-28-31-51-49-22-12-15-25-55(49)64(3,4)57(51)38-44/h5-39H,1-4H3. The van der Waals surface area contributed by atoms with E-state index in [2.05, 4.69) is 245 Å². The van der Waals surface area contributed by atoms with E-state index in [0.717, 1.165) is 55.9 Å². The van der Waals surface area contributed by atoms with Crippen molar-refractivity contribution in [2.24, 2.45) is 0 Å². The number of nitrogens with zero attached hydrogens (tertiary/aromatic N) is 3. The van der Waals surface area contributed by atoms with Gasteiger partial charge in [0.2, 0.25) is 0 Å². The Morgan fingerprint density at radius 3 is 1.49 bits per heavy atom. The molecule has 0 unspecified atom stereocenters. The maximum absolute atomic E-state index is 5.54. The smallest absolute Gasteiger partial charge is 0.160 e. The summed E-state index contributed by atoms with van der Waals surface area (Å²) in [7, 11) is 0. The van der Waals surface area contributed by atoms with Gasteiger partial charge in [-0.05, 0) is 121 Å². The first-order valence-corrected chi connectivity index (χ1v) is 23.4. The van der Waals surface area contributed by atoms with E-state index in [0.29, 0.717) is 5.82 Å². The minimum Gasteiger partial charge on any atom is -0.309 e. The molecule has 0 fully saturated rings. The Morgan fingerprint density at radius 1 is 0.313 bits per heavy atom. The van der Waals surface area contributed by atoms with Gasteiger partial charge in [0.1, 0.15) is 0 Å². The van der Waals surface area contributed by atoms with Crippen LogP contribution >= 0.6 is 0 Å². The third-order valence-corrected chi connectivity index (χ3v) is 14.8. The van der Waals surface area contributed by atoms with Crippen molar-refractivity contribution in [1.29, 1.82) is 0 Å². The lowest BCUT2D eigenvalue weighted by atomic mass is 9.81. The van der Waals surface area contributed by atoms with E-state index in [1.54, 1.807) is 0 Å². The average molecular weight is 858 g/mol. The predicted molar refractivity (Wildman–Crippen MR) is 279 cm³/mol. The topological polar surface area (TPSA) is 30.7 Å². The maximum Gasteiger partial charge on any atom is 0.160 e. The molecule has 0 N–H and O–H groups in total. The zero-order valence-corrected chi connectivity index (χ0v) is 38.0. The van der Waals surface area contributed by atoms with Crippen molar-refractivity contribution in [2.75, 3.05) is 0 Å². The van der Waals surface area contributed by atoms with Crippen LogP contribution < -0.4 is 0 Å². The number of rotatable bonds is 6. The number of hydrogen-bond acceptors (Lipinski definition) is 2. The zero-order valence-electron chi connectivity index (χ0n) is 38.0. The molecule has 0 saturated carbocycles. The fraction of sp³-hybridized carbons (Fsp3) is 0.0938. The normalized spacial score (nSPS) is 13.9. The second-order valence-electron chi connectivity index (χ2n) is 19.4. The molecule has 0 bridgehead atoms. The number of hydrogen-bond donors (Lipinski definition) is 0. The third kappa shape index (κ3) is 6.11. The lowest BCUT2D eigenvalue weighted by molar-refractivity contribution is 0.660. The molecule has 0 saturated heterocycles. The number of benzene rings is 9. The Labute approximate surface area is 391 Å². The van der Waals surface area contributed by atoms with Crippen LogP contribution in [0.2, 0.25) is 0 Å². The van der Waals surface area contributed by atoms with Crippen LogP contribution in [0.4, 0.5) is 0 Å². The summed E-state index contributed by atoms with van der Waals surface area (Å²) in [6.07, 6.45) is 0. The van der Waals surface area contributed by atoms with Crippen LogP contribution in [-0.4, -0.2) is 14.5 Å². The van der Waals surface area contributed by atoms with Gasteiger partial charge in [0.05, 0.1) is 22.4 Å². The first kappa shape index (κ1) is 39.2. The van der Waals surface area contributed by atoms with Gasteiger partial charge in [-0.2, -0.15) is 0 Å². The fourth-order valence-corrected chi connectivity index (χ4v) is 11.3. The molecule has 2 heterocycles. The molecule has 0 atom stereocenters. The van der Waals surface area contributed by atoms with Gasteiger partial charge in [0.25, 0.3) is 0 Å². The van der Waals surface area contributed by atoms with Crippen LogP contribution in [0.25, 0.3) is 106 Å². The van der Waals surface area contributed by atoms with Gasteiger partial charge in [-0.1, -0.05) is 185 Å². The average Bonchev–Trinajstić information content (AvgIpc) is 3.92. The second kappa shape index (κ2) is 14.7. The Bertz CT molecular complexity index is 3800. The van der Waals surface area contributed by atoms with Crippen molar-refractivity contribution in [3.8, 4) is 84.1 Å². The highest BCUT2D eigenvalue weighted by molar-refractivity contribution is 6.10. The molecule has 0 aliphatic heterocycles. The number of fused-ring (bicyclic) bond motifs is 9. The highest BCUT2D eigenvalue weighted by Crippen LogP contribution is 2.51. The van der Waals surface area contributed by atoms with Crippen LogP contribution in [0.5, 0.6) is 0 Å². The van der Waals surface area contributed by atoms with Crippen molar-refractivity contribution in [3.05, 3.63) is 235 Å². The number of aromatic nitrogens is 3. The molecule has 2 aromatic heterocycles. The zero-order chi connectivity index (χ0) is 45.0.